The van der Waals surface area contributed by atoms with Gasteiger partial charge in [-0.15, -0.1) is 10.2 Å². The predicted molar refractivity (Wildman–Crippen MR) is 121 cm³/mol. The van der Waals surface area contributed by atoms with Crippen LogP contribution in [0.1, 0.15) is 11.3 Å². The van der Waals surface area contributed by atoms with Gasteiger partial charge in [0, 0.05) is 41.0 Å². The molecule has 5 rings (SSSR count). The lowest BCUT2D eigenvalue weighted by molar-refractivity contribution is 0.426. The summed E-state index contributed by atoms with van der Waals surface area (Å²) in [7, 11) is 0. The summed E-state index contributed by atoms with van der Waals surface area (Å²) in [6.45, 7) is 2.07. The number of pyridine rings is 1. The number of benzene rings is 2. The van der Waals surface area contributed by atoms with Crippen molar-refractivity contribution in [3.8, 4) is 28.4 Å². The van der Waals surface area contributed by atoms with Crippen LogP contribution in [0.3, 0.4) is 0 Å². The van der Waals surface area contributed by atoms with Crippen LogP contribution in [0, 0.1) is 6.92 Å². The van der Waals surface area contributed by atoms with Crippen molar-refractivity contribution < 1.29 is 4.52 Å². The summed E-state index contributed by atoms with van der Waals surface area (Å²) in [5.74, 6) is 2.16. The molecule has 6 nitrogen and oxygen atoms in total. The second kappa shape index (κ2) is 8.57. The van der Waals surface area contributed by atoms with Crippen molar-refractivity contribution in [2.45, 2.75) is 17.8 Å². The fraction of sp³-hybridized carbons (Fsp3) is 0.0833. The number of aromatic nitrogens is 5. The van der Waals surface area contributed by atoms with Crippen molar-refractivity contribution in [2.75, 3.05) is 0 Å². The minimum Gasteiger partial charge on any atom is -0.356 e. The molecule has 3 aromatic heterocycles. The zero-order valence-electron chi connectivity index (χ0n) is 16.8. The van der Waals surface area contributed by atoms with E-state index in [4.69, 9.17) is 4.52 Å². The number of hydrogen-bond donors (Lipinski definition) is 0. The van der Waals surface area contributed by atoms with Crippen LogP contribution in [0.25, 0.3) is 28.4 Å². The van der Waals surface area contributed by atoms with Crippen LogP contribution in [-0.4, -0.2) is 24.9 Å². The molecule has 0 aliphatic rings. The molecule has 152 valence electrons. The van der Waals surface area contributed by atoms with Gasteiger partial charge in [0.2, 0.25) is 0 Å². The van der Waals surface area contributed by atoms with Crippen molar-refractivity contribution in [1.82, 2.24) is 24.9 Å². The van der Waals surface area contributed by atoms with Crippen molar-refractivity contribution in [1.29, 1.82) is 0 Å². The smallest absolute Gasteiger partial charge is 0.196 e. The minimum absolute atomic E-state index is 0.622. The van der Waals surface area contributed by atoms with Gasteiger partial charge in [0.15, 0.2) is 16.7 Å². The summed E-state index contributed by atoms with van der Waals surface area (Å²) in [6, 6.07) is 24.1. The molecule has 0 aliphatic carbocycles. The Morgan fingerprint density at radius 3 is 2.42 bits per heavy atom. The normalized spacial score (nSPS) is 11.0. The molecule has 7 heteroatoms. The maximum Gasteiger partial charge on any atom is 0.196 e. The highest BCUT2D eigenvalue weighted by Crippen LogP contribution is 2.30. The summed E-state index contributed by atoms with van der Waals surface area (Å²) < 4.78 is 7.60. The van der Waals surface area contributed by atoms with E-state index >= 15 is 0 Å². The number of aryl methyl sites for hydroxylation is 1. The van der Waals surface area contributed by atoms with E-state index in [9.17, 15) is 0 Å². The van der Waals surface area contributed by atoms with E-state index in [1.54, 1.807) is 24.2 Å². The first-order valence-electron chi connectivity index (χ1n) is 9.84. The van der Waals surface area contributed by atoms with Crippen LogP contribution in [0.5, 0.6) is 0 Å². The lowest BCUT2D eigenvalue weighted by Gasteiger charge is -2.10. The SMILES string of the molecule is Cc1ccc(-n2c(SCc3cc(-c4ccccc4)on3)nnc2-c2ccncc2)cc1. The van der Waals surface area contributed by atoms with Gasteiger partial charge in [0.25, 0.3) is 0 Å². The maximum absolute atomic E-state index is 5.53. The minimum atomic E-state index is 0.622. The van der Waals surface area contributed by atoms with E-state index in [0.717, 1.165) is 39.2 Å². The highest BCUT2D eigenvalue weighted by molar-refractivity contribution is 7.98. The van der Waals surface area contributed by atoms with Gasteiger partial charge in [0.05, 0.1) is 5.69 Å². The van der Waals surface area contributed by atoms with Crippen LogP contribution >= 0.6 is 11.8 Å². The molecule has 0 aliphatic heterocycles. The van der Waals surface area contributed by atoms with Gasteiger partial charge in [-0.1, -0.05) is 64.9 Å². The Hall–Kier alpha value is -3.71. The molecule has 2 aromatic carbocycles. The van der Waals surface area contributed by atoms with E-state index in [1.807, 2.05) is 48.5 Å². The Bertz CT molecular complexity index is 1280. The van der Waals surface area contributed by atoms with Gasteiger partial charge in [-0.2, -0.15) is 0 Å². The average Bonchev–Trinajstić information content (AvgIpc) is 3.47. The van der Waals surface area contributed by atoms with Crippen molar-refractivity contribution in [2.24, 2.45) is 0 Å². The molecule has 0 amide bonds. The van der Waals surface area contributed by atoms with Gasteiger partial charge >= 0.3 is 0 Å². The van der Waals surface area contributed by atoms with E-state index in [2.05, 4.69) is 56.1 Å². The van der Waals surface area contributed by atoms with Crippen LogP contribution < -0.4 is 0 Å². The lowest BCUT2D eigenvalue weighted by Crippen LogP contribution is -2.00. The zero-order valence-corrected chi connectivity index (χ0v) is 17.7. The number of nitrogens with zero attached hydrogens (tertiary/aromatic N) is 5. The predicted octanol–water partition coefficient (Wildman–Crippen LogP) is 5.59. The summed E-state index contributed by atoms with van der Waals surface area (Å²) >= 11 is 1.57. The van der Waals surface area contributed by atoms with E-state index in [1.165, 1.54) is 5.56 Å². The first-order chi connectivity index (χ1) is 15.3. The second-order valence-electron chi connectivity index (χ2n) is 7.05. The molecule has 3 heterocycles. The Labute approximate surface area is 184 Å². The highest BCUT2D eigenvalue weighted by atomic mass is 32.2. The average molecular weight is 426 g/mol. The highest BCUT2D eigenvalue weighted by Gasteiger charge is 2.17. The number of rotatable bonds is 6. The summed E-state index contributed by atoms with van der Waals surface area (Å²) in [5.41, 5.74) is 5.03. The molecule has 0 bridgehead atoms. The Morgan fingerprint density at radius 1 is 0.871 bits per heavy atom. The first kappa shape index (κ1) is 19.3. The molecule has 0 radical (unpaired) electrons. The van der Waals surface area contributed by atoms with Crippen LogP contribution in [0.15, 0.2) is 94.9 Å². The quantitative estimate of drug-likeness (QED) is 0.331. The Balaban J connectivity index is 1.45. The zero-order chi connectivity index (χ0) is 21.0. The third-order valence-corrected chi connectivity index (χ3v) is 5.79. The lowest BCUT2D eigenvalue weighted by atomic mass is 10.2. The fourth-order valence-electron chi connectivity index (χ4n) is 3.23. The van der Waals surface area contributed by atoms with E-state index < -0.39 is 0 Å². The monoisotopic (exact) mass is 425 g/mol. The van der Waals surface area contributed by atoms with E-state index in [-0.39, 0.29) is 0 Å². The van der Waals surface area contributed by atoms with Gasteiger partial charge < -0.3 is 4.52 Å². The molecule has 5 aromatic rings. The molecular formula is C24H19N5OS. The molecule has 0 fully saturated rings. The third kappa shape index (κ3) is 4.13. The van der Waals surface area contributed by atoms with Crippen molar-refractivity contribution in [3.05, 3.63) is 96.4 Å². The molecule has 31 heavy (non-hydrogen) atoms. The molecule has 0 N–H and O–H groups in total. The van der Waals surface area contributed by atoms with Gasteiger partial charge in [-0.05, 0) is 31.2 Å². The largest absolute Gasteiger partial charge is 0.356 e. The summed E-state index contributed by atoms with van der Waals surface area (Å²) in [6.07, 6.45) is 3.52. The third-order valence-electron chi connectivity index (χ3n) is 4.83. The van der Waals surface area contributed by atoms with Gasteiger partial charge in [-0.25, -0.2) is 0 Å². The Morgan fingerprint density at radius 2 is 1.65 bits per heavy atom. The molecule has 0 saturated heterocycles. The summed E-state index contributed by atoms with van der Waals surface area (Å²) in [5, 5.41) is 14.0. The first-order valence-corrected chi connectivity index (χ1v) is 10.8. The molecular weight excluding hydrogens is 406 g/mol. The van der Waals surface area contributed by atoms with E-state index in [0.29, 0.717) is 5.75 Å². The molecule has 0 saturated carbocycles. The second-order valence-corrected chi connectivity index (χ2v) is 7.99. The standard InChI is InChI=1S/C24H19N5OS/c1-17-7-9-21(10-8-17)29-23(19-11-13-25-14-12-19)26-27-24(29)31-16-20-15-22(30-28-20)18-5-3-2-4-6-18/h2-15H,16H2,1H3. The van der Waals surface area contributed by atoms with Crippen molar-refractivity contribution >= 4 is 11.8 Å². The van der Waals surface area contributed by atoms with Gasteiger partial charge in [-0.3, -0.25) is 9.55 Å². The molecule has 0 spiro atoms. The number of thioether (sulfide) groups is 1. The fourth-order valence-corrected chi connectivity index (χ4v) is 4.07. The molecule has 0 atom stereocenters. The van der Waals surface area contributed by atoms with Crippen LogP contribution in [0.2, 0.25) is 0 Å². The topological polar surface area (TPSA) is 69.6 Å². The van der Waals surface area contributed by atoms with Crippen molar-refractivity contribution in [3.63, 3.8) is 0 Å². The maximum atomic E-state index is 5.53. The molecule has 0 unspecified atom stereocenters. The van der Waals surface area contributed by atoms with Gasteiger partial charge in [0.1, 0.15) is 0 Å². The summed E-state index contributed by atoms with van der Waals surface area (Å²) in [4.78, 5) is 4.11. The Kier molecular flexibility index (Phi) is 5.33. The van der Waals surface area contributed by atoms with Crippen LogP contribution in [-0.2, 0) is 5.75 Å². The van der Waals surface area contributed by atoms with Crippen LogP contribution in [0.4, 0.5) is 0 Å². The number of hydrogen-bond acceptors (Lipinski definition) is 6.